The van der Waals surface area contributed by atoms with E-state index in [1.807, 2.05) is 6.20 Å². The molecule has 122 valence electrons. The summed E-state index contributed by atoms with van der Waals surface area (Å²) in [5, 5.41) is 3.06. The molecule has 2 aromatic rings. The van der Waals surface area contributed by atoms with Crippen LogP contribution in [0.15, 0.2) is 30.7 Å². The molecule has 1 N–H and O–H groups in total. The van der Waals surface area contributed by atoms with E-state index in [9.17, 15) is 4.79 Å². The van der Waals surface area contributed by atoms with E-state index < -0.39 is 0 Å². The first-order valence-corrected chi connectivity index (χ1v) is 7.65. The van der Waals surface area contributed by atoms with Crippen molar-refractivity contribution in [3.05, 3.63) is 42.1 Å². The van der Waals surface area contributed by atoms with Gasteiger partial charge in [-0.15, -0.1) is 0 Å². The van der Waals surface area contributed by atoms with Gasteiger partial charge in [-0.25, -0.2) is 9.97 Å². The second kappa shape index (κ2) is 7.23. The summed E-state index contributed by atoms with van der Waals surface area (Å²) in [6.45, 7) is 1.54. The Hall–Kier alpha value is -2.41. The second-order valence-corrected chi connectivity index (χ2v) is 5.40. The summed E-state index contributed by atoms with van der Waals surface area (Å²) in [5.74, 6) is 1.24. The molecule has 0 spiro atoms. The topological polar surface area (TPSA) is 78.3 Å². The summed E-state index contributed by atoms with van der Waals surface area (Å²) in [6, 6.07) is 3.53. The highest BCUT2D eigenvalue weighted by atomic mass is 16.5. The van der Waals surface area contributed by atoms with Gasteiger partial charge in [0.25, 0.3) is 5.91 Å². The Labute approximate surface area is 134 Å². The quantitative estimate of drug-likeness (QED) is 0.806. The Balaban J connectivity index is 1.64. The van der Waals surface area contributed by atoms with Gasteiger partial charge in [0.05, 0.1) is 6.61 Å². The van der Waals surface area contributed by atoms with Gasteiger partial charge in [-0.1, -0.05) is 0 Å². The van der Waals surface area contributed by atoms with Crippen molar-refractivity contribution < 1.29 is 14.3 Å². The molecule has 0 saturated heterocycles. The Bertz CT molecular complexity index is 671. The molecule has 7 heteroatoms. The monoisotopic (exact) mass is 316 g/mol. The normalized spacial score (nSPS) is 16.7. The van der Waals surface area contributed by atoms with Gasteiger partial charge in [-0.2, -0.15) is 0 Å². The predicted molar refractivity (Wildman–Crippen MR) is 83.4 cm³/mol. The molecule has 0 fully saturated rings. The number of aryl methyl sites for hydroxylation is 1. The number of imidazole rings is 1. The highest BCUT2D eigenvalue weighted by molar-refractivity contribution is 5.96. The summed E-state index contributed by atoms with van der Waals surface area (Å²) >= 11 is 0. The standard InChI is InChI=1S/C16H20N4O3/c1-22-9-10-23-16-13(3-2-6-18-16)15(21)19-12-4-5-14-17-7-8-20(14)11-12/h2-3,6-8,12H,4-5,9-11H2,1H3,(H,19,21)/t12-/m1/s1. The number of ether oxygens (including phenoxy) is 2. The van der Waals surface area contributed by atoms with E-state index in [-0.39, 0.29) is 11.9 Å². The first-order valence-electron chi connectivity index (χ1n) is 7.65. The van der Waals surface area contributed by atoms with Gasteiger partial charge in [0, 0.05) is 44.7 Å². The molecule has 0 saturated carbocycles. The number of rotatable bonds is 6. The van der Waals surface area contributed by atoms with Crippen LogP contribution in [0.25, 0.3) is 0 Å². The highest BCUT2D eigenvalue weighted by Gasteiger charge is 2.22. The number of carbonyl (C=O) groups is 1. The van der Waals surface area contributed by atoms with Crippen LogP contribution in [0.4, 0.5) is 0 Å². The number of methoxy groups -OCH3 is 1. The van der Waals surface area contributed by atoms with Crippen molar-refractivity contribution in [2.24, 2.45) is 0 Å². The van der Waals surface area contributed by atoms with Crippen molar-refractivity contribution in [1.82, 2.24) is 19.9 Å². The first kappa shape index (κ1) is 15.5. The fourth-order valence-electron chi connectivity index (χ4n) is 2.65. The van der Waals surface area contributed by atoms with Crippen molar-refractivity contribution in [1.29, 1.82) is 0 Å². The van der Waals surface area contributed by atoms with E-state index in [2.05, 4.69) is 19.9 Å². The summed E-state index contributed by atoms with van der Waals surface area (Å²) in [4.78, 5) is 21.0. The van der Waals surface area contributed by atoms with Crippen LogP contribution in [0.1, 0.15) is 22.6 Å². The summed E-state index contributed by atoms with van der Waals surface area (Å²) in [5.41, 5.74) is 0.444. The van der Waals surface area contributed by atoms with Gasteiger partial charge in [0.15, 0.2) is 0 Å². The average molecular weight is 316 g/mol. The van der Waals surface area contributed by atoms with Crippen LogP contribution in [-0.4, -0.2) is 46.8 Å². The summed E-state index contributed by atoms with van der Waals surface area (Å²) in [7, 11) is 1.60. The zero-order chi connectivity index (χ0) is 16.1. The smallest absolute Gasteiger partial charge is 0.257 e. The number of pyridine rings is 1. The largest absolute Gasteiger partial charge is 0.475 e. The van der Waals surface area contributed by atoms with Crippen LogP contribution < -0.4 is 10.1 Å². The Morgan fingerprint density at radius 3 is 3.17 bits per heavy atom. The number of nitrogens with zero attached hydrogens (tertiary/aromatic N) is 3. The lowest BCUT2D eigenvalue weighted by Gasteiger charge is -2.25. The van der Waals surface area contributed by atoms with E-state index >= 15 is 0 Å². The van der Waals surface area contributed by atoms with Crippen molar-refractivity contribution in [3.63, 3.8) is 0 Å². The molecule has 0 bridgehead atoms. The molecule has 1 atom stereocenters. The first-order chi connectivity index (χ1) is 11.3. The predicted octanol–water partition coefficient (Wildman–Crippen LogP) is 1.05. The van der Waals surface area contributed by atoms with Crippen LogP contribution in [0.5, 0.6) is 5.88 Å². The minimum absolute atomic E-state index is 0.0798. The minimum Gasteiger partial charge on any atom is -0.475 e. The molecule has 3 rings (SSSR count). The number of fused-ring (bicyclic) bond motifs is 1. The minimum atomic E-state index is -0.168. The van der Waals surface area contributed by atoms with Crippen LogP contribution >= 0.6 is 0 Å². The summed E-state index contributed by atoms with van der Waals surface area (Å²) in [6.07, 6.45) is 7.09. The number of hydrogen-bond donors (Lipinski definition) is 1. The molecular formula is C16H20N4O3. The Morgan fingerprint density at radius 1 is 1.39 bits per heavy atom. The molecule has 1 aliphatic heterocycles. The van der Waals surface area contributed by atoms with Crippen molar-refractivity contribution in [2.75, 3.05) is 20.3 Å². The van der Waals surface area contributed by atoms with Crippen molar-refractivity contribution >= 4 is 5.91 Å². The zero-order valence-electron chi connectivity index (χ0n) is 13.1. The lowest BCUT2D eigenvalue weighted by molar-refractivity contribution is 0.0918. The Morgan fingerprint density at radius 2 is 2.30 bits per heavy atom. The van der Waals surface area contributed by atoms with Crippen molar-refractivity contribution in [3.8, 4) is 5.88 Å². The molecule has 7 nitrogen and oxygen atoms in total. The van der Waals surface area contributed by atoms with E-state index in [1.54, 1.807) is 31.6 Å². The SMILES string of the molecule is COCCOc1ncccc1C(=O)N[C@@H]1CCc2nccn2C1. The van der Waals surface area contributed by atoms with Crippen LogP contribution in [-0.2, 0) is 17.7 Å². The maximum absolute atomic E-state index is 12.5. The number of nitrogens with one attached hydrogen (secondary N) is 1. The van der Waals surface area contributed by atoms with Gasteiger partial charge in [-0.05, 0) is 18.6 Å². The number of carbonyl (C=O) groups excluding carboxylic acids is 1. The molecule has 0 aromatic carbocycles. The molecule has 1 aliphatic rings. The fraction of sp³-hybridized carbons (Fsp3) is 0.438. The molecule has 2 aromatic heterocycles. The number of hydrogen-bond acceptors (Lipinski definition) is 5. The molecule has 3 heterocycles. The maximum Gasteiger partial charge on any atom is 0.257 e. The van der Waals surface area contributed by atoms with Gasteiger partial charge < -0.3 is 19.4 Å². The van der Waals surface area contributed by atoms with Crippen LogP contribution in [0.2, 0.25) is 0 Å². The zero-order valence-corrected chi connectivity index (χ0v) is 13.1. The number of amides is 1. The van der Waals surface area contributed by atoms with Crippen molar-refractivity contribution in [2.45, 2.75) is 25.4 Å². The molecule has 0 radical (unpaired) electrons. The fourth-order valence-corrected chi connectivity index (χ4v) is 2.65. The van der Waals surface area contributed by atoms with Gasteiger partial charge >= 0.3 is 0 Å². The van der Waals surface area contributed by atoms with E-state index in [4.69, 9.17) is 9.47 Å². The Kier molecular flexibility index (Phi) is 4.87. The van der Waals surface area contributed by atoms with E-state index in [1.165, 1.54) is 0 Å². The summed E-state index contributed by atoms with van der Waals surface area (Å²) < 4.78 is 12.5. The molecule has 0 unspecified atom stereocenters. The van der Waals surface area contributed by atoms with Gasteiger partial charge in [-0.3, -0.25) is 4.79 Å². The molecule has 1 amide bonds. The van der Waals surface area contributed by atoms with Crippen LogP contribution in [0.3, 0.4) is 0 Å². The second-order valence-electron chi connectivity index (χ2n) is 5.40. The average Bonchev–Trinajstić information content (AvgIpc) is 3.03. The lowest BCUT2D eigenvalue weighted by Crippen LogP contribution is -2.41. The highest BCUT2D eigenvalue weighted by Crippen LogP contribution is 2.17. The molecular weight excluding hydrogens is 296 g/mol. The van der Waals surface area contributed by atoms with Gasteiger partial charge in [0.2, 0.25) is 5.88 Å². The molecule has 23 heavy (non-hydrogen) atoms. The third-order valence-corrected chi connectivity index (χ3v) is 3.81. The third-order valence-electron chi connectivity index (χ3n) is 3.81. The van der Waals surface area contributed by atoms with Crippen LogP contribution in [0, 0.1) is 0 Å². The van der Waals surface area contributed by atoms with E-state index in [0.717, 1.165) is 25.2 Å². The third kappa shape index (κ3) is 3.68. The molecule has 0 aliphatic carbocycles. The lowest BCUT2D eigenvalue weighted by atomic mass is 10.1. The number of aromatic nitrogens is 3. The van der Waals surface area contributed by atoms with E-state index in [0.29, 0.717) is 24.7 Å². The maximum atomic E-state index is 12.5. The van der Waals surface area contributed by atoms with Gasteiger partial charge in [0.1, 0.15) is 18.0 Å².